The average Bonchev–Trinajstić information content (AvgIpc) is 1.54. The van der Waals surface area contributed by atoms with E-state index in [-0.39, 0.29) is 85.7 Å². The molecule has 12 atom stereocenters. The molecule has 26 nitrogen and oxygen atoms in total. The number of carbonyl (C=O) groups is 8. The number of aliphatic hydroxyl groups excluding tert-OH is 6. The fraction of sp³-hybridized carbons (Fsp3) is 0.375. The number of unbranched alkanes of at least 4 members (excludes halogenated alkanes) is 2. The minimum atomic E-state index is -1.88. The van der Waals surface area contributed by atoms with Crippen LogP contribution in [0.4, 0.5) is 17.1 Å². The van der Waals surface area contributed by atoms with Gasteiger partial charge in [-0.05, 0) is 70.3 Å². The van der Waals surface area contributed by atoms with Gasteiger partial charge in [-0.15, -0.1) is 11.6 Å². The molecule has 0 aliphatic carbocycles. The van der Waals surface area contributed by atoms with Crippen LogP contribution in [0.1, 0.15) is 66.3 Å². The number of benzene rings is 5. The van der Waals surface area contributed by atoms with Crippen LogP contribution >= 0.6 is 23.4 Å². The summed E-state index contributed by atoms with van der Waals surface area (Å²) in [6.45, 7) is 0.308. The van der Waals surface area contributed by atoms with Gasteiger partial charge in [0.25, 0.3) is 23.6 Å². The Labute approximate surface area is 535 Å². The zero-order valence-corrected chi connectivity index (χ0v) is 51.0. The third-order valence-electron chi connectivity index (χ3n) is 16.5. The molecular formula is C64H66Cl2N6O20. The molecular weight excluding hydrogens is 1240 g/mol. The number of amides is 6. The second-order valence-corrected chi connectivity index (χ2v) is 22.9. The Bertz CT molecular complexity index is 3770. The van der Waals surface area contributed by atoms with Crippen LogP contribution in [0.3, 0.4) is 0 Å². The molecule has 5 aliphatic heterocycles. The number of aliphatic hydroxyl groups is 6. The molecule has 9 N–H and O–H groups in total. The van der Waals surface area contributed by atoms with Gasteiger partial charge in [0.2, 0.25) is 24.4 Å². The van der Waals surface area contributed by atoms with Gasteiger partial charge in [-0.2, -0.15) is 0 Å². The van der Waals surface area contributed by atoms with E-state index in [2.05, 4.69) is 15.5 Å². The predicted octanol–water partition coefficient (Wildman–Crippen LogP) is 2.87. The van der Waals surface area contributed by atoms with Crippen molar-refractivity contribution in [2.75, 3.05) is 61.4 Å². The summed E-state index contributed by atoms with van der Waals surface area (Å²) in [5.74, 6) is -4.85. The number of nitrogens with zero attached hydrogens (tertiary/aromatic N) is 3. The Morgan fingerprint density at radius 3 is 1.71 bits per heavy atom. The highest BCUT2D eigenvalue weighted by Crippen LogP contribution is 2.48. The first kappa shape index (κ1) is 66.5. The maximum absolute atomic E-state index is 14.6. The quantitative estimate of drug-likeness (QED) is 0.0120. The summed E-state index contributed by atoms with van der Waals surface area (Å²) < 4.78 is 33.1. The number of ether oxygens (including phenoxy) is 6. The SMILES string of the molecule is COC(=O)[C@H]1O[C@@H](Oc2cc3c(c4ccccc24)[C@H](CCl)CN3C(=O)/C=C/c2ccc(/C=C/C(=O)N3C[C@@H](NCl)c4c3cc(O[C@@H]3O[C@H](C(=O)OC)[C@@H](O)[C@H](O)[C@H]3O)c3ccccc43)c(NC(=O)CCNC(=O)CCCCCN3C(=O)C=CC3=O)c2)[C@H](O)[C@@H](O)[C@@H]1O. The van der Waals surface area contributed by atoms with E-state index in [0.29, 0.717) is 74.4 Å². The number of alkyl halides is 1. The van der Waals surface area contributed by atoms with Gasteiger partial charge in [-0.1, -0.05) is 67.1 Å². The summed E-state index contributed by atoms with van der Waals surface area (Å²) in [5, 5.41) is 72.3. The molecule has 0 radical (unpaired) electrons. The van der Waals surface area contributed by atoms with E-state index >= 15 is 0 Å². The predicted molar refractivity (Wildman–Crippen MR) is 332 cm³/mol. The normalized spacial score (nSPS) is 25.2. The third kappa shape index (κ3) is 13.9. The van der Waals surface area contributed by atoms with Gasteiger partial charge in [-0.3, -0.25) is 33.7 Å². The lowest BCUT2D eigenvalue weighted by molar-refractivity contribution is -0.271. The lowest BCUT2D eigenvalue weighted by atomic mass is 9.95. The molecule has 2 fully saturated rings. The first-order chi connectivity index (χ1) is 44.2. The lowest BCUT2D eigenvalue weighted by Crippen LogP contribution is -2.61. The van der Waals surface area contributed by atoms with E-state index in [1.54, 1.807) is 72.8 Å². The molecule has 5 heterocycles. The molecule has 5 aliphatic rings. The molecule has 28 heteroatoms. The Balaban J connectivity index is 0.902. The number of esters is 2. The minimum absolute atomic E-state index is 0.00109. The number of imide groups is 1. The Kier molecular flexibility index (Phi) is 21.0. The summed E-state index contributed by atoms with van der Waals surface area (Å²) >= 11 is 12.9. The second kappa shape index (κ2) is 29.1. The lowest BCUT2D eigenvalue weighted by Gasteiger charge is -2.39. The largest absolute Gasteiger partial charge is 0.467 e. The number of carbonyl (C=O) groups excluding carboxylic acids is 8. The van der Waals surface area contributed by atoms with Crippen LogP contribution in [0.5, 0.6) is 11.5 Å². The van der Waals surface area contributed by atoms with Crippen LogP contribution in [0.2, 0.25) is 0 Å². The number of anilines is 3. The maximum Gasteiger partial charge on any atom is 0.337 e. The van der Waals surface area contributed by atoms with Crippen molar-refractivity contribution >= 4 is 122 Å². The highest BCUT2D eigenvalue weighted by Gasteiger charge is 2.50. The van der Waals surface area contributed by atoms with E-state index in [1.165, 1.54) is 52.3 Å². The second-order valence-electron chi connectivity index (χ2n) is 22.3. The fourth-order valence-electron chi connectivity index (χ4n) is 11.8. The number of fused-ring (bicyclic) bond motifs is 6. The van der Waals surface area contributed by atoms with Gasteiger partial charge in [0.1, 0.15) is 48.1 Å². The van der Waals surface area contributed by atoms with E-state index in [9.17, 15) is 69.0 Å². The minimum Gasteiger partial charge on any atom is -0.467 e. The van der Waals surface area contributed by atoms with Crippen molar-refractivity contribution in [3.8, 4) is 11.5 Å². The van der Waals surface area contributed by atoms with E-state index in [4.69, 9.17) is 51.8 Å². The molecule has 92 heavy (non-hydrogen) atoms. The van der Waals surface area contributed by atoms with Gasteiger partial charge < -0.3 is 79.5 Å². The van der Waals surface area contributed by atoms with Crippen LogP contribution in [0.15, 0.2) is 103 Å². The summed E-state index contributed by atoms with van der Waals surface area (Å²) in [6.07, 6.45) is -8.49. The van der Waals surface area contributed by atoms with Gasteiger partial charge in [0.15, 0.2) is 12.2 Å². The monoisotopic (exact) mass is 1310 g/mol. The van der Waals surface area contributed by atoms with Crippen molar-refractivity contribution in [1.82, 2.24) is 15.1 Å². The van der Waals surface area contributed by atoms with Crippen LogP contribution in [0, 0.1) is 0 Å². The molecule has 0 bridgehead atoms. The Morgan fingerprint density at radius 2 is 1.15 bits per heavy atom. The number of nitrogens with one attached hydrogen (secondary N) is 3. The van der Waals surface area contributed by atoms with Crippen molar-refractivity contribution in [2.45, 2.75) is 105 Å². The van der Waals surface area contributed by atoms with E-state index < -0.39 is 97.1 Å². The van der Waals surface area contributed by atoms with Crippen LogP contribution < -0.4 is 34.7 Å². The van der Waals surface area contributed by atoms with E-state index in [1.807, 2.05) is 0 Å². The van der Waals surface area contributed by atoms with Crippen molar-refractivity contribution in [2.24, 2.45) is 0 Å². The Morgan fingerprint density at radius 1 is 0.620 bits per heavy atom. The average molecular weight is 1310 g/mol. The van der Waals surface area contributed by atoms with Gasteiger partial charge in [0.05, 0.1) is 31.6 Å². The molecule has 0 saturated carbocycles. The van der Waals surface area contributed by atoms with Gasteiger partial charge in [0, 0.05) is 109 Å². The van der Waals surface area contributed by atoms with E-state index in [0.717, 1.165) is 19.1 Å². The first-order valence-corrected chi connectivity index (χ1v) is 30.3. The number of halogens is 2. The topological polar surface area (TPSA) is 359 Å². The zero-order chi connectivity index (χ0) is 65.7. The molecule has 0 spiro atoms. The van der Waals surface area contributed by atoms with Crippen molar-refractivity contribution in [1.29, 1.82) is 0 Å². The first-order valence-electron chi connectivity index (χ1n) is 29.4. The fourth-order valence-corrected chi connectivity index (χ4v) is 12.2. The third-order valence-corrected chi connectivity index (χ3v) is 17.2. The number of hydrogen-bond acceptors (Lipinski definition) is 21. The van der Waals surface area contributed by atoms with Crippen molar-refractivity contribution < 1.29 is 97.4 Å². The Hall–Kier alpha value is -8.38. The van der Waals surface area contributed by atoms with Gasteiger partial charge in [-0.25, -0.2) is 14.4 Å². The zero-order valence-electron chi connectivity index (χ0n) is 49.5. The highest BCUT2D eigenvalue weighted by molar-refractivity contribution is 6.19. The smallest absolute Gasteiger partial charge is 0.337 e. The number of rotatable bonds is 22. The molecule has 6 amide bonds. The molecule has 0 aromatic heterocycles. The van der Waals surface area contributed by atoms with Crippen molar-refractivity contribution in [3.63, 3.8) is 0 Å². The summed E-state index contributed by atoms with van der Waals surface area (Å²) in [7, 11) is 2.12. The van der Waals surface area contributed by atoms with Crippen molar-refractivity contribution in [3.05, 3.63) is 125 Å². The molecule has 0 unspecified atom stereocenters. The number of methoxy groups -OCH3 is 2. The summed E-state index contributed by atoms with van der Waals surface area (Å²) in [5.41, 5.74) is 2.95. The number of hydrogen-bond donors (Lipinski definition) is 9. The summed E-state index contributed by atoms with van der Waals surface area (Å²) in [6, 6.07) is 21.2. The molecule has 5 aromatic carbocycles. The molecule has 5 aromatic rings. The van der Waals surface area contributed by atoms with Crippen LogP contribution in [-0.4, -0.2) is 191 Å². The summed E-state index contributed by atoms with van der Waals surface area (Å²) in [4.78, 5) is 111. The molecule has 486 valence electrons. The molecule has 2 saturated heterocycles. The van der Waals surface area contributed by atoms with Gasteiger partial charge >= 0.3 is 11.9 Å². The van der Waals surface area contributed by atoms with Crippen LogP contribution in [0.25, 0.3) is 33.7 Å². The maximum atomic E-state index is 14.6. The highest BCUT2D eigenvalue weighted by atomic mass is 35.5. The standard InChI is InChI=1S/C64H66Cl2N6O20/c1-87-61(85)59-55(81)53(79)57(83)63(91-59)89-43-27-41-51(37-12-7-5-10-35(37)43)34(29-65)30-71(41)49(77)19-16-32-15-17-33(39(26-32)68-46(74)23-24-67-45(73)14-4-3-9-25-70-47(75)21-22-48(70)76)18-20-50(78)72-31-40(69-66)52-38-13-8-6-11-36(38)44(28-42(52)72)90-64-58(84)54(80)56(82)60(92-64)62(86)88-2/h5-8,10-13,15-22,26-28,34,40,53-60,63-64,69,79-84H,3-4,9,14,23-25,29-31H2,1-2H3,(H,67,73)(H,68,74)/b19-16+,20-18+/t34-,40-,53+,54+,55+,56+,57-,58-,59+,60+,63-,64-/m1/s1. The van der Waals surface area contributed by atoms with Crippen LogP contribution in [-0.2, 0) is 57.3 Å². The molecule has 10 rings (SSSR count).